The number of amides is 1. The third kappa shape index (κ3) is 3.19. The molecule has 1 unspecified atom stereocenters. The van der Waals surface area contributed by atoms with Crippen LogP contribution in [0.3, 0.4) is 0 Å². The first-order chi connectivity index (χ1) is 7.75. The van der Waals surface area contributed by atoms with Crippen molar-refractivity contribution >= 4 is 5.91 Å². The number of nitrogens with one attached hydrogen (secondary N) is 2. The second kappa shape index (κ2) is 5.64. The minimum absolute atomic E-state index is 0.195. The Morgan fingerprint density at radius 2 is 2.25 bits per heavy atom. The minimum Gasteiger partial charge on any atom is -0.352 e. The van der Waals surface area contributed by atoms with Gasteiger partial charge in [-0.25, -0.2) is 0 Å². The average molecular weight is 225 g/mol. The maximum atomic E-state index is 12.0. The van der Waals surface area contributed by atoms with E-state index in [1.165, 1.54) is 6.42 Å². The van der Waals surface area contributed by atoms with Crippen LogP contribution in [0.4, 0.5) is 0 Å². The third-order valence-electron chi connectivity index (χ3n) is 3.64. The molecule has 2 N–H and O–H groups in total. The fraction of sp³-hybridized carbons (Fsp3) is 0.917. The molecule has 0 radical (unpaired) electrons. The molecule has 0 saturated carbocycles. The largest absolute Gasteiger partial charge is 0.352 e. The number of hydrogen-bond donors (Lipinski definition) is 2. The van der Waals surface area contributed by atoms with Gasteiger partial charge in [0.2, 0.25) is 5.91 Å². The predicted molar refractivity (Wildman–Crippen MR) is 64.3 cm³/mol. The summed E-state index contributed by atoms with van der Waals surface area (Å²) >= 11 is 0. The molecule has 4 nitrogen and oxygen atoms in total. The molecule has 4 heteroatoms. The van der Waals surface area contributed by atoms with Gasteiger partial charge in [-0.05, 0) is 45.8 Å². The maximum absolute atomic E-state index is 12.0. The van der Waals surface area contributed by atoms with Gasteiger partial charge >= 0.3 is 0 Å². The summed E-state index contributed by atoms with van der Waals surface area (Å²) in [7, 11) is 2.13. The predicted octanol–water partition coefficient (Wildman–Crippen LogP) is 0.196. The van der Waals surface area contributed by atoms with Crippen molar-refractivity contribution in [3.8, 4) is 0 Å². The molecule has 0 spiro atoms. The molecule has 2 heterocycles. The van der Waals surface area contributed by atoms with Gasteiger partial charge < -0.3 is 15.5 Å². The zero-order chi connectivity index (χ0) is 11.4. The molecular weight excluding hydrogens is 202 g/mol. The summed E-state index contributed by atoms with van der Waals surface area (Å²) in [6, 6.07) is 0.369. The standard InChI is InChI=1S/C12H23N3O/c1-15-7-3-5-11(9-15)14-12(16)10-4-2-6-13-8-10/h10-11,13H,2-9H2,1H3,(H,14,16)/t10-,11?/m1/s1. The molecular formula is C12H23N3O. The second-order valence-corrected chi connectivity index (χ2v) is 5.15. The van der Waals surface area contributed by atoms with Crippen LogP contribution in [0.2, 0.25) is 0 Å². The molecule has 2 atom stereocenters. The molecule has 0 aliphatic carbocycles. The zero-order valence-corrected chi connectivity index (χ0v) is 10.2. The summed E-state index contributed by atoms with van der Waals surface area (Å²) in [5.74, 6) is 0.452. The van der Waals surface area contributed by atoms with Crippen molar-refractivity contribution in [1.82, 2.24) is 15.5 Å². The lowest BCUT2D eigenvalue weighted by Crippen LogP contribution is -2.50. The highest BCUT2D eigenvalue weighted by Crippen LogP contribution is 2.12. The van der Waals surface area contributed by atoms with Gasteiger partial charge in [-0.2, -0.15) is 0 Å². The zero-order valence-electron chi connectivity index (χ0n) is 10.2. The van der Waals surface area contributed by atoms with Crippen molar-refractivity contribution in [2.45, 2.75) is 31.7 Å². The van der Waals surface area contributed by atoms with Gasteiger partial charge in [0.15, 0.2) is 0 Å². The number of carbonyl (C=O) groups excluding carboxylic acids is 1. The monoisotopic (exact) mass is 225 g/mol. The minimum atomic E-state index is 0.195. The Bertz CT molecular complexity index is 238. The molecule has 0 aromatic carbocycles. The second-order valence-electron chi connectivity index (χ2n) is 5.15. The summed E-state index contributed by atoms with van der Waals surface area (Å²) < 4.78 is 0. The molecule has 0 aromatic rings. The van der Waals surface area contributed by atoms with E-state index in [1.54, 1.807) is 0 Å². The average Bonchev–Trinajstić information content (AvgIpc) is 2.30. The van der Waals surface area contributed by atoms with Gasteiger partial charge in [0.05, 0.1) is 5.92 Å². The van der Waals surface area contributed by atoms with E-state index >= 15 is 0 Å². The van der Waals surface area contributed by atoms with Crippen LogP contribution in [0.25, 0.3) is 0 Å². The molecule has 2 aliphatic heterocycles. The van der Waals surface area contributed by atoms with Gasteiger partial charge in [-0.15, -0.1) is 0 Å². The van der Waals surface area contributed by atoms with Crippen LogP contribution in [0.5, 0.6) is 0 Å². The fourth-order valence-corrected chi connectivity index (χ4v) is 2.68. The number of rotatable bonds is 2. The Balaban J connectivity index is 1.77. The van der Waals surface area contributed by atoms with Gasteiger partial charge in [-0.3, -0.25) is 4.79 Å². The Morgan fingerprint density at radius 1 is 1.38 bits per heavy atom. The highest BCUT2D eigenvalue weighted by atomic mass is 16.2. The lowest BCUT2D eigenvalue weighted by molar-refractivity contribution is -0.126. The first-order valence-electron chi connectivity index (χ1n) is 6.45. The first-order valence-corrected chi connectivity index (χ1v) is 6.45. The smallest absolute Gasteiger partial charge is 0.224 e. The van der Waals surface area contributed by atoms with Crippen LogP contribution in [0, 0.1) is 5.92 Å². The first kappa shape index (κ1) is 11.9. The van der Waals surface area contributed by atoms with Crippen molar-refractivity contribution in [3.63, 3.8) is 0 Å². The Kier molecular flexibility index (Phi) is 4.18. The van der Waals surface area contributed by atoms with Gasteiger partial charge in [0.1, 0.15) is 0 Å². The van der Waals surface area contributed by atoms with E-state index in [0.29, 0.717) is 6.04 Å². The van der Waals surface area contributed by atoms with E-state index in [-0.39, 0.29) is 11.8 Å². The highest BCUT2D eigenvalue weighted by molar-refractivity contribution is 5.79. The van der Waals surface area contributed by atoms with E-state index in [2.05, 4.69) is 22.6 Å². The summed E-state index contributed by atoms with van der Waals surface area (Å²) in [5.41, 5.74) is 0. The van der Waals surface area contributed by atoms with Crippen LogP contribution >= 0.6 is 0 Å². The Labute approximate surface area is 97.8 Å². The van der Waals surface area contributed by atoms with Gasteiger partial charge in [0.25, 0.3) is 0 Å². The molecule has 0 bridgehead atoms. The van der Waals surface area contributed by atoms with E-state index in [0.717, 1.165) is 45.4 Å². The van der Waals surface area contributed by atoms with Crippen molar-refractivity contribution in [2.75, 3.05) is 33.2 Å². The summed E-state index contributed by atoms with van der Waals surface area (Å²) in [6.07, 6.45) is 4.50. The number of likely N-dealkylation sites (tertiary alicyclic amines) is 1. The van der Waals surface area contributed by atoms with E-state index in [9.17, 15) is 4.79 Å². The molecule has 0 aromatic heterocycles. The van der Waals surface area contributed by atoms with E-state index < -0.39 is 0 Å². The van der Waals surface area contributed by atoms with Crippen molar-refractivity contribution in [1.29, 1.82) is 0 Å². The lowest BCUT2D eigenvalue weighted by atomic mass is 9.97. The SMILES string of the molecule is CN1CCCC(NC(=O)[C@@H]2CCCNC2)C1. The molecule has 16 heavy (non-hydrogen) atoms. The number of hydrogen-bond acceptors (Lipinski definition) is 3. The lowest BCUT2D eigenvalue weighted by Gasteiger charge is -2.32. The van der Waals surface area contributed by atoms with Crippen LogP contribution in [0.15, 0.2) is 0 Å². The molecule has 92 valence electrons. The molecule has 1 amide bonds. The van der Waals surface area contributed by atoms with Gasteiger partial charge in [-0.1, -0.05) is 0 Å². The number of piperidine rings is 2. The molecule has 2 saturated heterocycles. The molecule has 2 aliphatic rings. The molecule has 2 fully saturated rings. The van der Waals surface area contributed by atoms with Crippen LogP contribution < -0.4 is 10.6 Å². The summed E-state index contributed by atoms with van der Waals surface area (Å²) in [6.45, 7) is 4.09. The Morgan fingerprint density at radius 3 is 2.94 bits per heavy atom. The Hall–Kier alpha value is -0.610. The normalized spacial score (nSPS) is 32.3. The number of likely N-dealkylation sites (N-methyl/N-ethyl adjacent to an activating group) is 1. The third-order valence-corrected chi connectivity index (χ3v) is 3.64. The van der Waals surface area contributed by atoms with Crippen molar-refractivity contribution in [3.05, 3.63) is 0 Å². The van der Waals surface area contributed by atoms with Crippen molar-refractivity contribution in [2.24, 2.45) is 5.92 Å². The van der Waals surface area contributed by atoms with E-state index in [4.69, 9.17) is 0 Å². The van der Waals surface area contributed by atoms with Crippen LogP contribution in [-0.2, 0) is 4.79 Å². The maximum Gasteiger partial charge on any atom is 0.224 e. The van der Waals surface area contributed by atoms with E-state index in [1.807, 2.05) is 0 Å². The number of nitrogens with zero attached hydrogens (tertiary/aromatic N) is 1. The summed E-state index contributed by atoms with van der Waals surface area (Å²) in [5, 5.41) is 6.49. The van der Waals surface area contributed by atoms with Crippen LogP contribution in [0.1, 0.15) is 25.7 Å². The highest BCUT2D eigenvalue weighted by Gasteiger charge is 2.24. The van der Waals surface area contributed by atoms with Gasteiger partial charge in [0, 0.05) is 19.1 Å². The quantitative estimate of drug-likeness (QED) is 0.705. The topological polar surface area (TPSA) is 44.4 Å². The van der Waals surface area contributed by atoms with Crippen molar-refractivity contribution < 1.29 is 4.79 Å². The van der Waals surface area contributed by atoms with Crippen LogP contribution in [-0.4, -0.2) is 50.1 Å². The summed E-state index contributed by atoms with van der Waals surface area (Å²) in [4.78, 5) is 14.3. The molecule has 2 rings (SSSR count). The number of carbonyl (C=O) groups is 1. The fourth-order valence-electron chi connectivity index (χ4n) is 2.68.